The summed E-state index contributed by atoms with van der Waals surface area (Å²) in [5, 5.41) is 3.79. The van der Waals surface area contributed by atoms with Gasteiger partial charge in [0.2, 0.25) is 0 Å². The predicted octanol–water partition coefficient (Wildman–Crippen LogP) is 3.66. The Morgan fingerprint density at radius 1 is 0.955 bits per heavy atom. The van der Waals surface area contributed by atoms with Crippen molar-refractivity contribution in [2.24, 2.45) is 0 Å². The lowest BCUT2D eigenvalue weighted by molar-refractivity contribution is 0.138. The standard InChI is InChI=1S/C18H16N2O2/c21-18(19-12-14-6-2-1-3-7-14)22-13-16-11-10-15-8-4-5-9-17(15)20-16/h1-11H,12-13H2,(H,19,21). The van der Waals surface area contributed by atoms with Crippen molar-refractivity contribution in [3.8, 4) is 0 Å². The van der Waals surface area contributed by atoms with E-state index in [1.54, 1.807) is 0 Å². The molecule has 4 nitrogen and oxygen atoms in total. The molecule has 3 aromatic rings. The molecule has 0 spiro atoms. The first-order chi connectivity index (χ1) is 10.8. The molecule has 2 aromatic carbocycles. The summed E-state index contributed by atoms with van der Waals surface area (Å²) >= 11 is 0. The maximum absolute atomic E-state index is 11.7. The quantitative estimate of drug-likeness (QED) is 0.798. The van der Waals surface area contributed by atoms with E-state index in [-0.39, 0.29) is 6.61 Å². The number of carbonyl (C=O) groups is 1. The number of nitrogens with zero attached hydrogens (tertiary/aromatic N) is 1. The van der Waals surface area contributed by atoms with Gasteiger partial charge in [0.15, 0.2) is 0 Å². The molecule has 0 aliphatic heterocycles. The van der Waals surface area contributed by atoms with Crippen LogP contribution in [0.25, 0.3) is 10.9 Å². The molecule has 3 rings (SSSR count). The number of aromatic nitrogens is 1. The summed E-state index contributed by atoms with van der Waals surface area (Å²) in [5.41, 5.74) is 2.66. The van der Waals surface area contributed by atoms with Crippen LogP contribution in [-0.2, 0) is 17.9 Å². The average Bonchev–Trinajstić information content (AvgIpc) is 2.59. The fourth-order valence-electron chi connectivity index (χ4n) is 2.15. The fourth-order valence-corrected chi connectivity index (χ4v) is 2.15. The van der Waals surface area contributed by atoms with E-state index < -0.39 is 6.09 Å². The van der Waals surface area contributed by atoms with Crippen LogP contribution in [0.15, 0.2) is 66.7 Å². The first kappa shape index (κ1) is 14.1. The summed E-state index contributed by atoms with van der Waals surface area (Å²) in [7, 11) is 0. The molecule has 22 heavy (non-hydrogen) atoms. The zero-order valence-corrected chi connectivity index (χ0v) is 12.0. The highest BCUT2D eigenvalue weighted by Crippen LogP contribution is 2.12. The number of fused-ring (bicyclic) bond motifs is 1. The van der Waals surface area contributed by atoms with E-state index in [0.29, 0.717) is 6.54 Å². The first-order valence-corrected chi connectivity index (χ1v) is 7.10. The summed E-state index contributed by atoms with van der Waals surface area (Å²) < 4.78 is 5.19. The molecule has 0 bridgehead atoms. The van der Waals surface area contributed by atoms with Gasteiger partial charge in [0, 0.05) is 11.9 Å². The van der Waals surface area contributed by atoms with Gasteiger partial charge in [-0.05, 0) is 17.7 Å². The average molecular weight is 292 g/mol. The summed E-state index contributed by atoms with van der Waals surface area (Å²) in [5.74, 6) is 0. The Morgan fingerprint density at radius 3 is 2.59 bits per heavy atom. The predicted molar refractivity (Wildman–Crippen MR) is 85.2 cm³/mol. The van der Waals surface area contributed by atoms with E-state index in [1.807, 2.05) is 66.7 Å². The Bertz CT molecular complexity index is 772. The molecule has 1 amide bonds. The van der Waals surface area contributed by atoms with E-state index in [0.717, 1.165) is 22.2 Å². The maximum Gasteiger partial charge on any atom is 0.407 e. The summed E-state index contributed by atoms with van der Waals surface area (Å²) in [6.45, 7) is 0.607. The van der Waals surface area contributed by atoms with Crippen molar-refractivity contribution in [3.05, 3.63) is 78.0 Å². The normalized spacial score (nSPS) is 10.4. The molecule has 110 valence electrons. The van der Waals surface area contributed by atoms with E-state index in [9.17, 15) is 4.79 Å². The van der Waals surface area contributed by atoms with Crippen LogP contribution in [0.1, 0.15) is 11.3 Å². The third-order valence-electron chi connectivity index (χ3n) is 3.29. The van der Waals surface area contributed by atoms with Crippen LogP contribution in [0, 0.1) is 0 Å². The van der Waals surface area contributed by atoms with Gasteiger partial charge in [-0.3, -0.25) is 0 Å². The van der Waals surface area contributed by atoms with Gasteiger partial charge >= 0.3 is 6.09 Å². The van der Waals surface area contributed by atoms with Crippen LogP contribution in [0.2, 0.25) is 0 Å². The van der Waals surface area contributed by atoms with Gasteiger partial charge in [-0.25, -0.2) is 9.78 Å². The Morgan fingerprint density at radius 2 is 1.73 bits per heavy atom. The van der Waals surface area contributed by atoms with Crippen molar-refractivity contribution in [1.82, 2.24) is 10.3 Å². The topological polar surface area (TPSA) is 51.2 Å². The minimum atomic E-state index is -0.446. The number of ether oxygens (including phenoxy) is 1. The van der Waals surface area contributed by atoms with E-state index in [1.165, 1.54) is 0 Å². The Kier molecular flexibility index (Phi) is 4.30. The number of para-hydroxylation sites is 1. The van der Waals surface area contributed by atoms with Crippen LogP contribution in [-0.4, -0.2) is 11.1 Å². The highest BCUT2D eigenvalue weighted by Gasteiger charge is 2.04. The largest absolute Gasteiger partial charge is 0.443 e. The summed E-state index contributed by atoms with van der Waals surface area (Å²) in [6, 6.07) is 21.4. The molecule has 0 radical (unpaired) electrons. The number of amides is 1. The van der Waals surface area contributed by atoms with Gasteiger partial charge in [-0.1, -0.05) is 54.6 Å². The monoisotopic (exact) mass is 292 g/mol. The molecule has 0 saturated carbocycles. The number of nitrogens with one attached hydrogen (secondary N) is 1. The molecule has 0 aliphatic carbocycles. The Labute approximate surface area is 128 Å². The second-order valence-electron chi connectivity index (χ2n) is 4.91. The Balaban J connectivity index is 1.53. The zero-order valence-electron chi connectivity index (χ0n) is 12.0. The van der Waals surface area contributed by atoms with Gasteiger partial charge in [0.25, 0.3) is 0 Å². The van der Waals surface area contributed by atoms with Crippen molar-refractivity contribution >= 4 is 17.0 Å². The molecular formula is C18H16N2O2. The summed E-state index contributed by atoms with van der Waals surface area (Å²) in [6.07, 6.45) is -0.446. The number of alkyl carbamates (subject to hydrolysis) is 1. The molecule has 1 aromatic heterocycles. The molecule has 0 unspecified atom stereocenters. The van der Waals surface area contributed by atoms with Gasteiger partial charge in [0.1, 0.15) is 6.61 Å². The van der Waals surface area contributed by atoms with Crippen LogP contribution in [0.5, 0.6) is 0 Å². The number of hydrogen-bond donors (Lipinski definition) is 1. The highest BCUT2D eigenvalue weighted by atomic mass is 16.5. The van der Waals surface area contributed by atoms with Crippen molar-refractivity contribution in [2.45, 2.75) is 13.2 Å². The number of rotatable bonds is 4. The van der Waals surface area contributed by atoms with Gasteiger partial charge < -0.3 is 10.1 Å². The van der Waals surface area contributed by atoms with Crippen molar-refractivity contribution in [3.63, 3.8) is 0 Å². The van der Waals surface area contributed by atoms with Crippen molar-refractivity contribution in [2.75, 3.05) is 0 Å². The summed E-state index contributed by atoms with van der Waals surface area (Å²) in [4.78, 5) is 16.2. The third kappa shape index (κ3) is 3.61. The van der Waals surface area contributed by atoms with E-state index in [2.05, 4.69) is 10.3 Å². The minimum Gasteiger partial charge on any atom is -0.443 e. The SMILES string of the molecule is O=C(NCc1ccccc1)OCc1ccc2ccccc2n1. The third-order valence-corrected chi connectivity index (χ3v) is 3.29. The second kappa shape index (κ2) is 6.72. The first-order valence-electron chi connectivity index (χ1n) is 7.10. The van der Waals surface area contributed by atoms with Gasteiger partial charge in [-0.2, -0.15) is 0 Å². The van der Waals surface area contributed by atoms with Crippen LogP contribution in [0.3, 0.4) is 0 Å². The van der Waals surface area contributed by atoms with Crippen LogP contribution < -0.4 is 5.32 Å². The number of benzene rings is 2. The lowest BCUT2D eigenvalue weighted by Crippen LogP contribution is -2.23. The molecule has 1 heterocycles. The van der Waals surface area contributed by atoms with E-state index >= 15 is 0 Å². The van der Waals surface area contributed by atoms with Crippen molar-refractivity contribution < 1.29 is 9.53 Å². The molecule has 0 aliphatic rings. The molecular weight excluding hydrogens is 276 g/mol. The van der Waals surface area contributed by atoms with Crippen LogP contribution >= 0.6 is 0 Å². The van der Waals surface area contributed by atoms with Crippen LogP contribution in [0.4, 0.5) is 4.79 Å². The smallest absolute Gasteiger partial charge is 0.407 e. The number of pyridine rings is 1. The zero-order chi connectivity index (χ0) is 15.2. The lowest BCUT2D eigenvalue weighted by Gasteiger charge is -2.07. The Hall–Kier alpha value is -2.88. The van der Waals surface area contributed by atoms with E-state index in [4.69, 9.17) is 4.74 Å². The highest BCUT2D eigenvalue weighted by molar-refractivity contribution is 5.78. The molecule has 4 heteroatoms. The second-order valence-corrected chi connectivity index (χ2v) is 4.91. The fraction of sp³-hybridized carbons (Fsp3) is 0.111. The van der Waals surface area contributed by atoms with Gasteiger partial charge in [0.05, 0.1) is 11.2 Å². The minimum absolute atomic E-state index is 0.158. The van der Waals surface area contributed by atoms with Crippen molar-refractivity contribution in [1.29, 1.82) is 0 Å². The molecule has 0 saturated heterocycles. The van der Waals surface area contributed by atoms with Gasteiger partial charge in [-0.15, -0.1) is 0 Å². The molecule has 0 atom stereocenters. The number of carbonyl (C=O) groups excluding carboxylic acids is 1. The maximum atomic E-state index is 11.7. The number of hydrogen-bond acceptors (Lipinski definition) is 3. The molecule has 0 fully saturated rings. The molecule has 1 N–H and O–H groups in total. The lowest BCUT2D eigenvalue weighted by atomic mass is 10.2.